The first-order chi connectivity index (χ1) is 6.75. The zero-order valence-corrected chi connectivity index (χ0v) is 8.18. The number of aryl methyl sites for hydroxylation is 1. The number of halogens is 1. The average molecular weight is 192 g/mol. The van der Waals surface area contributed by atoms with Crippen molar-refractivity contribution in [3.63, 3.8) is 0 Å². The van der Waals surface area contributed by atoms with Crippen LogP contribution in [0.25, 0.3) is 0 Å². The molecule has 0 bridgehead atoms. The van der Waals surface area contributed by atoms with Gasteiger partial charge in [-0.1, -0.05) is 6.07 Å². The standard InChI is InChI=1S/C11H13FN2/c1-8-2-3-10(12)6-9(8)7-11-13-4-5-14-11/h2-3,6H,4-5,7H2,1H3,(H,13,14). The molecule has 0 saturated carbocycles. The van der Waals surface area contributed by atoms with E-state index in [2.05, 4.69) is 10.3 Å². The molecule has 1 heterocycles. The highest BCUT2D eigenvalue weighted by Crippen LogP contribution is 2.11. The molecule has 1 aromatic carbocycles. The van der Waals surface area contributed by atoms with Crippen molar-refractivity contribution in [2.24, 2.45) is 4.99 Å². The van der Waals surface area contributed by atoms with Gasteiger partial charge in [0.15, 0.2) is 0 Å². The summed E-state index contributed by atoms with van der Waals surface area (Å²) in [7, 11) is 0. The minimum absolute atomic E-state index is 0.177. The van der Waals surface area contributed by atoms with Crippen molar-refractivity contribution in [2.75, 3.05) is 13.1 Å². The molecule has 0 amide bonds. The Morgan fingerprint density at radius 1 is 1.50 bits per heavy atom. The zero-order valence-electron chi connectivity index (χ0n) is 8.18. The number of hydrogen-bond donors (Lipinski definition) is 1. The molecule has 0 aromatic heterocycles. The lowest BCUT2D eigenvalue weighted by Gasteiger charge is -2.06. The van der Waals surface area contributed by atoms with Gasteiger partial charge in [0.1, 0.15) is 11.7 Å². The fraction of sp³-hybridized carbons (Fsp3) is 0.364. The van der Waals surface area contributed by atoms with Crippen LogP contribution in [-0.2, 0) is 6.42 Å². The van der Waals surface area contributed by atoms with Crippen molar-refractivity contribution in [1.82, 2.24) is 5.32 Å². The number of nitrogens with one attached hydrogen (secondary N) is 1. The molecule has 1 N–H and O–H groups in total. The van der Waals surface area contributed by atoms with Gasteiger partial charge in [-0.25, -0.2) is 4.39 Å². The van der Waals surface area contributed by atoms with Crippen LogP contribution >= 0.6 is 0 Å². The van der Waals surface area contributed by atoms with Gasteiger partial charge in [0.25, 0.3) is 0 Å². The Bertz CT molecular complexity index is 372. The fourth-order valence-corrected chi connectivity index (χ4v) is 1.58. The van der Waals surface area contributed by atoms with E-state index in [-0.39, 0.29) is 5.82 Å². The number of aliphatic imine (C=N–C) groups is 1. The predicted octanol–water partition coefficient (Wildman–Crippen LogP) is 1.68. The number of hydrogen-bond acceptors (Lipinski definition) is 2. The van der Waals surface area contributed by atoms with Gasteiger partial charge >= 0.3 is 0 Å². The van der Waals surface area contributed by atoms with E-state index in [9.17, 15) is 4.39 Å². The van der Waals surface area contributed by atoms with Crippen LogP contribution in [0.3, 0.4) is 0 Å². The molecule has 1 aliphatic heterocycles. The molecular formula is C11H13FN2. The van der Waals surface area contributed by atoms with Gasteiger partial charge in [-0.15, -0.1) is 0 Å². The third-order valence-electron chi connectivity index (χ3n) is 2.41. The van der Waals surface area contributed by atoms with Crippen molar-refractivity contribution >= 4 is 5.84 Å². The van der Waals surface area contributed by atoms with E-state index in [1.165, 1.54) is 6.07 Å². The third-order valence-corrected chi connectivity index (χ3v) is 2.41. The summed E-state index contributed by atoms with van der Waals surface area (Å²) in [5.41, 5.74) is 2.13. The lowest BCUT2D eigenvalue weighted by atomic mass is 10.1. The second-order valence-corrected chi connectivity index (χ2v) is 3.50. The molecule has 14 heavy (non-hydrogen) atoms. The largest absolute Gasteiger partial charge is 0.372 e. The first-order valence-corrected chi connectivity index (χ1v) is 4.78. The van der Waals surface area contributed by atoms with E-state index >= 15 is 0 Å². The minimum atomic E-state index is -0.177. The van der Waals surface area contributed by atoms with Crippen molar-refractivity contribution < 1.29 is 4.39 Å². The molecule has 1 aliphatic rings. The van der Waals surface area contributed by atoms with Crippen molar-refractivity contribution in [1.29, 1.82) is 0 Å². The Hall–Kier alpha value is -1.38. The molecule has 0 unspecified atom stereocenters. The lowest BCUT2D eigenvalue weighted by Crippen LogP contribution is -2.20. The van der Waals surface area contributed by atoms with Gasteiger partial charge in [-0.05, 0) is 30.2 Å². The number of rotatable bonds is 2. The Balaban J connectivity index is 2.19. The first kappa shape index (κ1) is 9.19. The Labute approximate surface area is 82.9 Å². The summed E-state index contributed by atoms with van der Waals surface area (Å²) in [6, 6.07) is 4.88. The number of benzene rings is 1. The van der Waals surface area contributed by atoms with Crippen LogP contribution in [-0.4, -0.2) is 18.9 Å². The summed E-state index contributed by atoms with van der Waals surface area (Å²) in [5, 5.41) is 3.18. The van der Waals surface area contributed by atoms with E-state index < -0.39 is 0 Å². The minimum Gasteiger partial charge on any atom is -0.372 e. The van der Waals surface area contributed by atoms with Crippen molar-refractivity contribution in [2.45, 2.75) is 13.3 Å². The number of amidine groups is 1. The molecule has 0 fully saturated rings. The van der Waals surface area contributed by atoms with Crippen LogP contribution < -0.4 is 5.32 Å². The van der Waals surface area contributed by atoms with Crippen LogP contribution in [0.4, 0.5) is 4.39 Å². The van der Waals surface area contributed by atoms with Gasteiger partial charge in [0.05, 0.1) is 6.54 Å². The highest BCUT2D eigenvalue weighted by molar-refractivity contribution is 5.85. The zero-order chi connectivity index (χ0) is 9.97. The molecular weight excluding hydrogens is 179 g/mol. The molecule has 0 saturated heterocycles. The van der Waals surface area contributed by atoms with Crippen LogP contribution in [0.1, 0.15) is 11.1 Å². The second kappa shape index (κ2) is 3.78. The maximum Gasteiger partial charge on any atom is 0.123 e. The molecule has 1 aromatic rings. The van der Waals surface area contributed by atoms with Gasteiger partial charge in [-0.3, -0.25) is 4.99 Å². The average Bonchev–Trinajstić information content (AvgIpc) is 2.64. The molecule has 2 rings (SSSR count). The van der Waals surface area contributed by atoms with E-state index in [1.54, 1.807) is 12.1 Å². The van der Waals surface area contributed by atoms with Gasteiger partial charge in [0.2, 0.25) is 0 Å². The quantitative estimate of drug-likeness (QED) is 0.757. The van der Waals surface area contributed by atoms with E-state index in [4.69, 9.17) is 0 Å². The Morgan fingerprint density at radius 2 is 2.36 bits per heavy atom. The summed E-state index contributed by atoms with van der Waals surface area (Å²) in [6.07, 6.45) is 0.712. The molecule has 0 atom stereocenters. The van der Waals surface area contributed by atoms with Gasteiger partial charge in [-0.2, -0.15) is 0 Å². The maximum absolute atomic E-state index is 13.0. The lowest BCUT2D eigenvalue weighted by molar-refractivity contribution is 0.625. The van der Waals surface area contributed by atoms with Gasteiger partial charge in [0, 0.05) is 13.0 Å². The highest BCUT2D eigenvalue weighted by Gasteiger charge is 2.08. The van der Waals surface area contributed by atoms with E-state index in [1.807, 2.05) is 6.92 Å². The SMILES string of the molecule is Cc1ccc(F)cc1CC1=NCCN1. The first-order valence-electron chi connectivity index (χ1n) is 4.78. The highest BCUT2D eigenvalue weighted by atomic mass is 19.1. The summed E-state index contributed by atoms with van der Waals surface area (Å²) in [5.74, 6) is 0.794. The Morgan fingerprint density at radius 3 is 3.07 bits per heavy atom. The maximum atomic E-state index is 13.0. The molecule has 74 valence electrons. The van der Waals surface area contributed by atoms with Crippen LogP contribution in [0, 0.1) is 12.7 Å². The third kappa shape index (κ3) is 1.92. The monoisotopic (exact) mass is 192 g/mol. The summed E-state index contributed by atoms with van der Waals surface area (Å²) in [6.45, 7) is 3.73. The van der Waals surface area contributed by atoms with Crippen molar-refractivity contribution in [3.8, 4) is 0 Å². The van der Waals surface area contributed by atoms with Crippen LogP contribution in [0.5, 0.6) is 0 Å². The summed E-state index contributed by atoms with van der Waals surface area (Å²) < 4.78 is 13.0. The number of nitrogens with zero attached hydrogens (tertiary/aromatic N) is 1. The van der Waals surface area contributed by atoms with E-state index in [0.717, 1.165) is 30.1 Å². The smallest absolute Gasteiger partial charge is 0.123 e. The van der Waals surface area contributed by atoms with Gasteiger partial charge < -0.3 is 5.32 Å². The predicted molar refractivity (Wildman–Crippen MR) is 55.1 cm³/mol. The molecule has 2 nitrogen and oxygen atoms in total. The summed E-state index contributed by atoms with van der Waals surface area (Å²) >= 11 is 0. The molecule has 0 radical (unpaired) electrons. The fourth-order valence-electron chi connectivity index (χ4n) is 1.58. The topological polar surface area (TPSA) is 24.4 Å². The normalized spacial score (nSPS) is 15.1. The molecule has 0 aliphatic carbocycles. The van der Waals surface area contributed by atoms with Crippen LogP contribution in [0.2, 0.25) is 0 Å². The molecule has 3 heteroatoms. The van der Waals surface area contributed by atoms with E-state index in [0.29, 0.717) is 6.42 Å². The van der Waals surface area contributed by atoms with Crippen molar-refractivity contribution in [3.05, 3.63) is 35.1 Å². The Kier molecular flexibility index (Phi) is 2.48. The summed E-state index contributed by atoms with van der Waals surface area (Å²) in [4.78, 5) is 4.28. The second-order valence-electron chi connectivity index (χ2n) is 3.50. The molecule has 0 spiro atoms. The van der Waals surface area contributed by atoms with Crippen LogP contribution in [0.15, 0.2) is 23.2 Å².